The average molecular weight is 295 g/mol. The number of aryl methyl sites for hydroxylation is 1. The lowest BCUT2D eigenvalue weighted by molar-refractivity contribution is 0.471. The van der Waals surface area contributed by atoms with Crippen LogP contribution in [0.5, 0.6) is 5.75 Å². The number of phenols is 1. The first-order chi connectivity index (χ1) is 9.31. The van der Waals surface area contributed by atoms with E-state index in [-0.39, 0.29) is 16.3 Å². The number of hydrogen-bond donors (Lipinski definition) is 2. The zero-order valence-corrected chi connectivity index (χ0v) is 11.8. The molecule has 0 saturated heterocycles. The van der Waals surface area contributed by atoms with Crippen molar-refractivity contribution in [1.82, 2.24) is 0 Å². The Kier molecular flexibility index (Phi) is 3.67. The molecular formula is C14H14FNO3S. The number of anilines is 1. The average Bonchev–Trinajstić information content (AvgIpc) is 2.37. The molecule has 0 atom stereocenters. The highest BCUT2D eigenvalue weighted by atomic mass is 32.2. The Morgan fingerprint density at radius 2 is 1.85 bits per heavy atom. The highest BCUT2D eigenvalue weighted by Crippen LogP contribution is 2.27. The van der Waals surface area contributed by atoms with Crippen molar-refractivity contribution < 1.29 is 17.9 Å². The molecule has 0 heterocycles. The second-order valence-corrected chi connectivity index (χ2v) is 6.12. The second kappa shape index (κ2) is 5.13. The fraction of sp³-hybridized carbons (Fsp3) is 0.143. The molecule has 2 aromatic rings. The quantitative estimate of drug-likeness (QED) is 0.915. The predicted molar refractivity (Wildman–Crippen MR) is 74.8 cm³/mol. The van der Waals surface area contributed by atoms with Gasteiger partial charge in [0, 0.05) is 5.56 Å². The largest absolute Gasteiger partial charge is 0.508 e. The van der Waals surface area contributed by atoms with Gasteiger partial charge in [-0.05, 0) is 43.7 Å². The Bertz CT molecular complexity index is 757. The molecule has 0 spiro atoms. The lowest BCUT2D eigenvalue weighted by Crippen LogP contribution is -2.15. The number of halogens is 1. The minimum Gasteiger partial charge on any atom is -0.508 e. The predicted octanol–water partition coefficient (Wildman–Crippen LogP) is 2.95. The van der Waals surface area contributed by atoms with E-state index < -0.39 is 15.8 Å². The first-order valence-electron chi connectivity index (χ1n) is 5.89. The molecule has 4 nitrogen and oxygen atoms in total. The van der Waals surface area contributed by atoms with E-state index in [2.05, 4.69) is 4.72 Å². The Hall–Kier alpha value is -2.08. The van der Waals surface area contributed by atoms with Crippen molar-refractivity contribution in [2.24, 2.45) is 0 Å². The zero-order chi connectivity index (χ0) is 14.9. The molecule has 0 bridgehead atoms. The van der Waals surface area contributed by atoms with Gasteiger partial charge in [0.15, 0.2) is 0 Å². The Morgan fingerprint density at radius 1 is 1.15 bits per heavy atom. The van der Waals surface area contributed by atoms with E-state index in [4.69, 9.17) is 0 Å². The Morgan fingerprint density at radius 3 is 2.55 bits per heavy atom. The molecular weight excluding hydrogens is 281 g/mol. The lowest BCUT2D eigenvalue weighted by Gasteiger charge is -2.13. The Labute approximate surface area is 116 Å². The van der Waals surface area contributed by atoms with Crippen molar-refractivity contribution in [2.45, 2.75) is 18.7 Å². The van der Waals surface area contributed by atoms with Gasteiger partial charge in [-0.1, -0.05) is 12.1 Å². The van der Waals surface area contributed by atoms with E-state index >= 15 is 0 Å². The molecule has 0 aromatic heterocycles. The van der Waals surface area contributed by atoms with Gasteiger partial charge in [-0.15, -0.1) is 0 Å². The van der Waals surface area contributed by atoms with Crippen LogP contribution < -0.4 is 4.72 Å². The maximum atomic E-state index is 13.2. The van der Waals surface area contributed by atoms with Crippen LogP contribution in [0.25, 0.3) is 0 Å². The van der Waals surface area contributed by atoms with Gasteiger partial charge in [-0.3, -0.25) is 4.72 Å². The van der Waals surface area contributed by atoms with Crippen molar-refractivity contribution in [1.29, 1.82) is 0 Å². The fourth-order valence-electron chi connectivity index (χ4n) is 1.80. The minimum atomic E-state index is -3.91. The zero-order valence-electron chi connectivity index (χ0n) is 11.0. The molecule has 0 saturated carbocycles. The van der Waals surface area contributed by atoms with E-state index in [9.17, 15) is 17.9 Å². The fourth-order valence-corrected chi connectivity index (χ4v) is 3.18. The molecule has 0 aliphatic heterocycles. The first-order valence-corrected chi connectivity index (χ1v) is 7.37. The summed E-state index contributed by atoms with van der Waals surface area (Å²) in [5, 5.41) is 9.57. The van der Waals surface area contributed by atoms with E-state index in [1.807, 2.05) is 0 Å². The highest BCUT2D eigenvalue weighted by Gasteiger charge is 2.19. The molecule has 0 unspecified atom stereocenters. The standard InChI is InChI=1S/C14H14FNO3S/c1-9-6-7-11(15)8-14(9)20(18,19)16-12-4-3-5-13(17)10(12)2/h3-8,16-17H,1-2H3. The summed E-state index contributed by atoms with van der Waals surface area (Å²) in [5.41, 5.74) is 1.11. The third-order valence-corrected chi connectivity index (χ3v) is 4.50. The van der Waals surface area contributed by atoms with Gasteiger partial charge in [-0.2, -0.15) is 0 Å². The van der Waals surface area contributed by atoms with Crippen molar-refractivity contribution >= 4 is 15.7 Å². The van der Waals surface area contributed by atoms with Gasteiger partial charge < -0.3 is 5.11 Å². The van der Waals surface area contributed by atoms with Crippen LogP contribution in [0.3, 0.4) is 0 Å². The maximum absolute atomic E-state index is 13.2. The van der Waals surface area contributed by atoms with Gasteiger partial charge in [0.05, 0.1) is 10.6 Å². The summed E-state index contributed by atoms with van der Waals surface area (Å²) >= 11 is 0. The monoisotopic (exact) mass is 295 g/mol. The van der Waals surface area contributed by atoms with E-state index in [0.29, 0.717) is 11.1 Å². The minimum absolute atomic E-state index is 0.0128. The number of nitrogens with one attached hydrogen (secondary N) is 1. The van der Waals surface area contributed by atoms with Gasteiger partial charge in [0.2, 0.25) is 0 Å². The molecule has 0 aliphatic carbocycles. The van der Waals surface area contributed by atoms with Crippen molar-refractivity contribution in [3.8, 4) is 5.75 Å². The summed E-state index contributed by atoms with van der Waals surface area (Å²) in [6.45, 7) is 3.18. The van der Waals surface area contributed by atoms with Crippen molar-refractivity contribution in [3.05, 3.63) is 53.3 Å². The van der Waals surface area contributed by atoms with Crippen LogP contribution >= 0.6 is 0 Å². The van der Waals surface area contributed by atoms with Crippen LogP contribution in [0.2, 0.25) is 0 Å². The van der Waals surface area contributed by atoms with Gasteiger partial charge in [0.25, 0.3) is 10.0 Å². The summed E-state index contributed by atoms with van der Waals surface area (Å²) in [7, 11) is -3.91. The molecule has 0 radical (unpaired) electrons. The van der Waals surface area contributed by atoms with Crippen LogP contribution in [-0.2, 0) is 10.0 Å². The van der Waals surface area contributed by atoms with Gasteiger partial charge in [-0.25, -0.2) is 12.8 Å². The third-order valence-electron chi connectivity index (χ3n) is 2.99. The molecule has 2 aromatic carbocycles. The molecule has 0 amide bonds. The van der Waals surface area contributed by atoms with Gasteiger partial charge in [0.1, 0.15) is 11.6 Å². The van der Waals surface area contributed by atoms with Crippen molar-refractivity contribution in [3.63, 3.8) is 0 Å². The summed E-state index contributed by atoms with van der Waals surface area (Å²) in [6.07, 6.45) is 0. The van der Waals surface area contributed by atoms with Crippen LogP contribution in [0.15, 0.2) is 41.3 Å². The third kappa shape index (κ3) is 2.75. The molecule has 2 rings (SSSR count). The lowest BCUT2D eigenvalue weighted by atomic mass is 10.2. The number of rotatable bonds is 3. The summed E-state index contributed by atoms with van der Waals surface area (Å²) in [6, 6.07) is 8.09. The van der Waals surface area contributed by atoms with E-state index in [0.717, 1.165) is 6.07 Å². The maximum Gasteiger partial charge on any atom is 0.262 e. The number of sulfonamides is 1. The van der Waals surface area contributed by atoms with Crippen LogP contribution in [0.4, 0.5) is 10.1 Å². The number of aromatic hydroxyl groups is 1. The number of phenolic OH excluding ortho intramolecular Hbond substituents is 1. The normalized spacial score (nSPS) is 11.3. The molecule has 0 aliphatic rings. The highest BCUT2D eigenvalue weighted by molar-refractivity contribution is 7.92. The van der Waals surface area contributed by atoms with Crippen molar-refractivity contribution in [2.75, 3.05) is 4.72 Å². The van der Waals surface area contributed by atoms with Crippen LogP contribution in [0.1, 0.15) is 11.1 Å². The number of benzene rings is 2. The topological polar surface area (TPSA) is 66.4 Å². The van der Waals surface area contributed by atoms with E-state index in [1.54, 1.807) is 13.8 Å². The van der Waals surface area contributed by atoms with Gasteiger partial charge >= 0.3 is 0 Å². The van der Waals surface area contributed by atoms with Crippen LogP contribution in [-0.4, -0.2) is 13.5 Å². The molecule has 2 N–H and O–H groups in total. The molecule has 106 valence electrons. The van der Waals surface area contributed by atoms with E-state index in [1.165, 1.54) is 30.3 Å². The SMILES string of the molecule is Cc1ccc(F)cc1S(=O)(=O)Nc1cccc(O)c1C. The number of hydrogen-bond acceptors (Lipinski definition) is 3. The smallest absolute Gasteiger partial charge is 0.262 e. The molecule has 20 heavy (non-hydrogen) atoms. The molecule has 0 fully saturated rings. The summed E-state index contributed by atoms with van der Waals surface area (Å²) in [5.74, 6) is -0.634. The summed E-state index contributed by atoms with van der Waals surface area (Å²) < 4.78 is 40.1. The second-order valence-electron chi connectivity index (χ2n) is 4.47. The van der Waals surface area contributed by atoms with Crippen LogP contribution in [0, 0.1) is 19.7 Å². The first kappa shape index (κ1) is 14.3. The Balaban J connectivity index is 2.46. The summed E-state index contributed by atoms with van der Waals surface area (Å²) in [4.78, 5) is -0.125. The molecule has 6 heteroatoms.